The lowest BCUT2D eigenvalue weighted by Gasteiger charge is -2.32. The molecule has 2 aromatic rings. The third-order valence-electron chi connectivity index (χ3n) is 5.70. The largest absolute Gasteiger partial charge is 0.352 e. The highest BCUT2D eigenvalue weighted by Gasteiger charge is 2.25. The number of rotatable bonds is 6. The van der Waals surface area contributed by atoms with Crippen LogP contribution in [0.25, 0.3) is 0 Å². The van der Waals surface area contributed by atoms with Gasteiger partial charge in [0.1, 0.15) is 0 Å². The minimum Gasteiger partial charge on any atom is -0.352 e. The fourth-order valence-corrected chi connectivity index (χ4v) is 3.71. The summed E-state index contributed by atoms with van der Waals surface area (Å²) in [4.78, 5) is 38.8. The second-order valence-corrected chi connectivity index (χ2v) is 8.30. The summed E-state index contributed by atoms with van der Waals surface area (Å²) >= 11 is 0. The first-order chi connectivity index (χ1) is 15.0. The summed E-state index contributed by atoms with van der Waals surface area (Å²) < 4.78 is 1.60. The van der Waals surface area contributed by atoms with Gasteiger partial charge in [-0.25, -0.2) is 4.79 Å². The molecule has 1 aliphatic carbocycles. The van der Waals surface area contributed by atoms with Crippen LogP contribution in [0, 0.1) is 5.92 Å². The fourth-order valence-electron chi connectivity index (χ4n) is 3.71. The zero-order chi connectivity index (χ0) is 21.8. The molecular formula is C22H28N6O3. The summed E-state index contributed by atoms with van der Waals surface area (Å²) in [5, 5.41) is 12.6. The van der Waals surface area contributed by atoms with Crippen molar-refractivity contribution in [2.75, 3.05) is 25.0 Å². The van der Waals surface area contributed by atoms with Gasteiger partial charge < -0.3 is 20.9 Å². The van der Waals surface area contributed by atoms with Crippen molar-refractivity contribution in [3.8, 4) is 0 Å². The number of nitrogens with one attached hydrogen (secondary N) is 3. The van der Waals surface area contributed by atoms with Gasteiger partial charge in [0.25, 0.3) is 11.8 Å². The Balaban J connectivity index is 1.24. The molecule has 1 aliphatic heterocycles. The summed E-state index contributed by atoms with van der Waals surface area (Å²) in [6.07, 6.45) is 6.95. The van der Waals surface area contributed by atoms with Crippen LogP contribution in [0.4, 0.5) is 10.5 Å². The van der Waals surface area contributed by atoms with E-state index in [2.05, 4.69) is 21.0 Å². The summed E-state index contributed by atoms with van der Waals surface area (Å²) in [6.45, 7) is 1.88. The van der Waals surface area contributed by atoms with Gasteiger partial charge in [0.2, 0.25) is 0 Å². The quantitative estimate of drug-likeness (QED) is 0.659. The second kappa shape index (κ2) is 9.20. The topological polar surface area (TPSA) is 108 Å². The van der Waals surface area contributed by atoms with E-state index in [-0.39, 0.29) is 23.9 Å². The minimum absolute atomic E-state index is 0.0379. The Kier molecular flexibility index (Phi) is 6.20. The normalized spacial score (nSPS) is 16.6. The lowest BCUT2D eigenvalue weighted by Crippen LogP contribution is -2.41. The van der Waals surface area contributed by atoms with Gasteiger partial charge in [-0.15, -0.1) is 0 Å². The van der Waals surface area contributed by atoms with E-state index in [1.807, 2.05) is 4.90 Å². The van der Waals surface area contributed by atoms with Gasteiger partial charge in [-0.3, -0.25) is 14.3 Å². The number of amides is 4. The molecule has 9 nitrogen and oxygen atoms in total. The molecule has 164 valence electrons. The predicted octanol–water partition coefficient (Wildman–Crippen LogP) is 1.99. The van der Waals surface area contributed by atoms with Crippen LogP contribution in [0.2, 0.25) is 0 Å². The average Bonchev–Trinajstić information content (AvgIpc) is 3.48. The van der Waals surface area contributed by atoms with Crippen molar-refractivity contribution in [2.24, 2.45) is 13.0 Å². The molecule has 4 amide bonds. The van der Waals surface area contributed by atoms with Crippen molar-refractivity contribution in [3.05, 3.63) is 47.8 Å². The number of carbonyl (C=O) groups is 3. The highest BCUT2D eigenvalue weighted by molar-refractivity contribution is 5.97. The number of urea groups is 1. The van der Waals surface area contributed by atoms with Crippen LogP contribution in [-0.4, -0.2) is 58.2 Å². The van der Waals surface area contributed by atoms with E-state index in [0.717, 1.165) is 25.7 Å². The standard InChI is InChI=1S/C22H28N6O3/c1-27-14-17(13-24-27)20(29)23-12-15-7-9-28(10-8-15)21(30)16-3-2-4-19(11-16)26-22(31)25-18-5-6-18/h2-4,11,13-15,18H,5-10,12H2,1H3,(H,23,29)(H2,25,26,31). The third kappa shape index (κ3) is 5.62. The predicted molar refractivity (Wildman–Crippen MR) is 116 cm³/mol. The van der Waals surface area contributed by atoms with E-state index in [1.54, 1.807) is 48.4 Å². The van der Waals surface area contributed by atoms with Crippen molar-refractivity contribution >= 4 is 23.5 Å². The van der Waals surface area contributed by atoms with Crippen molar-refractivity contribution in [3.63, 3.8) is 0 Å². The van der Waals surface area contributed by atoms with Gasteiger partial charge in [0, 0.05) is 50.2 Å². The smallest absolute Gasteiger partial charge is 0.319 e. The molecule has 3 N–H and O–H groups in total. The first kappa shape index (κ1) is 20.9. The van der Waals surface area contributed by atoms with Crippen molar-refractivity contribution in [1.82, 2.24) is 25.3 Å². The Morgan fingerprint density at radius 2 is 1.87 bits per heavy atom. The SMILES string of the molecule is Cn1cc(C(=O)NCC2CCN(C(=O)c3cccc(NC(=O)NC4CC4)c3)CC2)cn1. The lowest BCUT2D eigenvalue weighted by molar-refractivity contribution is 0.0684. The van der Waals surface area contributed by atoms with Gasteiger partial charge in [-0.2, -0.15) is 5.10 Å². The van der Waals surface area contributed by atoms with E-state index in [1.165, 1.54) is 0 Å². The molecule has 0 unspecified atom stereocenters. The number of carbonyl (C=O) groups excluding carboxylic acids is 3. The Morgan fingerprint density at radius 1 is 1.10 bits per heavy atom. The molecule has 2 heterocycles. The first-order valence-electron chi connectivity index (χ1n) is 10.7. The minimum atomic E-state index is -0.235. The molecule has 1 saturated carbocycles. The Hall–Kier alpha value is -3.36. The van der Waals surface area contributed by atoms with Gasteiger partial charge in [0.15, 0.2) is 0 Å². The van der Waals surface area contributed by atoms with E-state index >= 15 is 0 Å². The Bertz CT molecular complexity index is 960. The zero-order valence-corrected chi connectivity index (χ0v) is 17.6. The molecule has 1 aromatic carbocycles. The van der Waals surface area contributed by atoms with E-state index in [4.69, 9.17) is 0 Å². The highest BCUT2D eigenvalue weighted by Crippen LogP contribution is 2.21. The molecular weight excluding hydrogens is 396 g/mol. The fraction of sp³-hybridized carbons (Fsp3) is 0.455. The molecule has 9 heteroatoms. The molecule has 4 rings (SSSR count). The maximum Gasteiger partial charge on any atom is 0.319 e. The number of likely N-dealkylation sites (tertiary alicyclic amines) is 1. The molecule has 0 atom stereocenters. The van der Waals surface area contributed by atoms with Crippen molar-refractivity contribution in [1.29, 1.82) is 0 Å². The number of hydrogen-bond acceptors (Lipinski definition) is 4. The third-order valence-corrected chi connectivity index (χ3v) is 5.70. The van der Waals surface area contributed by atoms with Crippen LogP contribution in [-0.2, 0) is 7.05 Å². The van der Waals surface area contributed by atoms with Gasteiger partial charge >= 0.3 is 6.03 Å². The second-order valence-electron chi connectivity index (χ2n) is 8.30. The van der Waals surface area contributed by atoms with E-state index in [0.29, 0.717) is 42.4 Å². The molecule has 0 spiro atoms. The molecule has 2 aliphatic rings. The number of benzene rings is 1. The number of nitrogens with zero attached hydrogens (tertiary/aromatic N) is 3. The summed E-state index contributed by atoms with van der Waals surface area (Å²) in [6, 6.07) is 7.09. The molecule has 2 fully saturated rings. The van der Waals surface area contributed by atoms with Crippen LogP contribution < -0.4 is 16.0 Å². The molecule has 31 heavy (non-hydrogen) atoms. The summed E-state index contributed by atoms with van der Waals surface area (Å²) in [5.74, 6) is 0.175. The number of aryl methyl sites for hydroxylation is 1. The molecule has 0 radical (unpaired) electrons. The van der Waals surface area contributed by atoms with Crippen molar-refractivity contribution in [2.45, 2.75) is 31.7 Å². The molecule has 1 aromatic heterocycles. The Labute approximate surface area is 181 Å². The van der Waals surface area contributed by atoms with Gasteiger partial charge in [0.05, 0.1) is 11.8 Å². The average molecular weight is 425 g/mol. The van der Waals surface area contributed by atoms with E-state index in [9.17, 15) is 14.4 Å². The molecule has 0 bridgehead atoms. The maximum absolute atomic E-state index is 12.9. The highest BCUT2D eigenvalue weighted by atomic mass is 16.2. The maximum atomic E-state index is 12.9. The monoisotopic (exact) mass is 424 g/mol. The molecule has 1 saturated heterocycles. The number of piperidine rings is 1. The van der Waals surface area contributed by atoms with Crippen LogP contribution >= 0.6 is 0 Å². The lowest BCUT2D eigenvalue weighted by atomic mass is 9.96. The van der Waals surface area contributed by atoms with E-state index < -0.39 is 0 Å². The number of aromatic nitrogens is 2. The van der Waals surface area contributed by atoms with Crippen LogP contribution in [0.15, 0.2) is 36.7 Å². The first-order valence-corrected chi connectivity index (χ1v) is 10.7. The van der Waals surface area contributed by atoms with Crippen molar-refractivity contribution < 1.29 is 14.4 Å². The number of hydrogen-bond donors (Lipinski definition) is 3. The summed E-state index contributed by atoms with van der Waals surface area (Å²) in [5.41, 5.74) is 1.72. The number of anilines is 1. The van der Waals surface area contributed by atoms with Crippen LogP contribution in [0.1, 0.15) is 46.4 Å². The zero-order valence-electron chi connectivity index (χ0n) is 17.6. The van der Waals surface area contributed by atoms with Gasteiger partial charge in [-0.1, -0.05) is 6.07 Å². The Morgan fingerprint density at radius 3 is 2.55 bits per heavy atom. The van der Waals surface area contributed by atoms with Gasteiger partial charge in [-0.05, 0) is 49.8 Å². The summed E-state index contributed by atoms with van der Waals surface area (Å²) in [7, 11) is 1.78. The van der Waals surface area contributed by atoms with Crippen LogP contribution in [0.3, 0.4) is 0 Å². The van der Waals surface area contributed by atoms with Crippen LogP contribution in [0.5, 0.6) is 0 Å².